The van der Waals surface area contributed by atoms with Crippen LogP contribution in [0.2, 0.25) is 0 Å². The molecular weight excluding hydrogens is 152 g/mol. The van der Waals surface area contributed by atoms with Gasteiger partial charge in [-0.2, -0.15) is 0 Å². The Morgan fingerprint density at radius 2 is 0.917 bits per heavy atom. The summed E-state index contributed by atoms with van der Waals surface area (Å²) in [6, 6.07) is 0. The minimum absolute atomic E-state index is 0.833. The molecule has 1 fully saturated rings. The van der Waals surface area contributed by atoms with Crippen molar-refractivity contribution in [1.82, 2.24) is 0 Å². The molecule has 1 saturated carbocycles. The Morgan fingerprint density at radius 1 is 0.833 bits per heavy atom. The third kappa shape index (κ3) is 12.2. The van der Waals surface area contributed by atoms with Crippen molar-refractivity contribution in [2.75, 3.05) is 0 Å². The van der Waals surface area contributed by atoms with Gasteiger partial charge in [-0.3, -0.25) is 4.79 Å². The third-order valence-corrected chi connectivity index (χ3v) is 2.00. The van der Waals surface area contributed by atoms with Crippen LogP contribution < -0.4 is 0 Å². The van der Waals surface area contributed by atoms with Crippen molar-refractivity contribution in [2.45, 2.75) is 58.3 Å². The van der Waals surface area contributed by atoms with Gasteiger partial charge in [0.05, 0.1) is 0 Å². The number of hydrogen-bond acceptors (Lipinski definition) is 1. The summed E-state index contributed by atoms with van der Waals surface area (Å²) in [5.74, 6) is -0.833. The highest BCUT2D eigenvalue weighted by molar-refractivity contribution is 5.62. The maximum absolute atomic E-state index is 9.00. The first-order valence-corrected chi connectivity index (χ1v) is 4.93. The molecule has 0 aliphatic heterocycles. The smallest absolute Gasteiger partial charge is 0.300 e. The lowest BCUT2D eigenvalue weighted by Crippen LogP contribution is -1.85. The molecule has 0 amide bonds. The zero-order valence-corrected chi connectivity index (χ0v) is 8.01. The van der Waals surface area contributed by atoms with Gasteiger partial charge in [0.2, 0.25) is 0 Å². The average molecular weight is 172 g/mol. The first-order chi connectivity index (χ1) is 5.73. The maximum Gasteiger partial charge on any atom is 0.300 e. The summed E-state index contributed by atoms with van der Waals surface area (Å²) in [4.78, 5) is 9.00. The van der Waals surface area contributed by atoms with Crippen molar-refractivity contribution < 1.29 is 9.90 Å². The number of carboxylic acid groups (broad SMARTS) is 1. The Hall–Kier alpha value is -0.530. The molecule has 0 radical (unpaired) electrons. The van der Waals surface area contributed by atoms with Gasteiger partial charge in [-0.25, -0.2) is 0 Å². The Labute approximate surface area is 75.0 Å². The van der Waals surface area contributed by atoms with Crippen molar-refractivity contribution in [2.24, 2.45) is 0 Å². The van der Waals surface area contributed by atoms with Crippen LogP contribution in [0, 0.1) is 0 Å². The number of aliphatic carboxylic acids is 1. The van der Waals surface area contributed by atoms with Crippen LogP contribution in [0.4, 0.5) is 0 Å². The van der Waals surface area contributed by atoms with E-state index in [2.05, 4.69) is 0 Å². The fraction of sp³-hybridized carbons (Fsp3) is 0.900. The number of hydrogen-bond donors (Lipinski definition) is 1. The van der Waals surface area contributed by atoms with E-state index in [4.69, 9.17) is 9.90 Å². The van der Waals surface area contributed by atoms with E-state index in [0.717, 1.165) is 6.92 Å². The standard InChI is InChI=1S/C8H16.C2H4O2/c1-2-4-6-8-7-5-3-1;1-2(3)4/h1-8H2;1H3,(H,3,4). The molecule has 2 nitrogen and oxygen atoms in total. The molecule has 0 atom stereocenters. The largest absolute Gasteiger partial charge is 0.481 e. The normalized spacial score (nSPS) is 18.1. The predicted molar refractivity (Wildman–Crippen MR) is 50.2 cm³/mol. The van der Waals surface area contributed by atoms with E-state index in [-0.39, 0.29) is 0 Å². The van der Waals surface area contributed by atoms with E-state index < -0.39 is 5.97 Å². The van der Waals surface area contributed by atoms with Crippen molar-refractivity contribution in [3.8, 4) is 0 Å². The summed E-state index contributed by atoms with van der Waals surface area (Å²) in [6.45, 7) is 1.08. The van der Waals surface area contributed by atoms with Crippen molar-refractivity contribution in [1.29, 1.82) is 0 Å². The Morgan fingerprint density at radius 3 is 1.00 bits per heavy atom. The monoisotopic (exact) mass is 172 g/mol. The molecule has 0 aromatic carbocycles. The lowest BCUT2D eigenvalue weighted by atomic mass is 10.0. The summed E-state index contributed by atoms with van der Waals surface area (Å²) in [7, 11) is 0. The van der Waals surface area contributed by atoms with Crippen LogP contribution in [-0.4, -0.2) is 11.1 Å². The highest BCUT2D eigenvalue weighted by Gasteiger charge is 1.95. The Bertz CT molecular complexity index is 82.4. The van der Waals surface area contributed by atoms with Gasteiger partial charge in [0.25, 0.3) is 5.97 Å². The molecule has 0 unspecified atom stereocenters. The van der Waals surface area contributed by atoms with Crippen molar-refractivity contribution >= 4 is 5.97 Å². The van der Waals surface area contributed by atoms with Gasteiger partial charge in [0.15, 0.2) is 0 Å². The molecule has 1 rings (SSSR count). The molecule has 1 aliphatic carbocycles. The number of carbonyl (C=O) groups is 1. The number of rotatable bonds is 0. The maximum atomic E-state index is 9.00. The Kier molecular flexibility index (Phi) is 8.19. The summed E-state index contributed by atoms with van der Waals surface area (Å²) in [5.41, 5.74) is 0. The fourth-order valence-corrected chi connectivity index (χ4v) is 1.41. The van der Waals surface area contributed by atoms with Crippen LogP contribution in [-0.2, 0) is 4.79 Å². The van der Waals surface area contributed by atoms with Crippen LogP contribution in [0.3, 0.4) is 0 Å². The van der Waals surface area contributed by atoms with Crippen LogP contribution in [0.15, 0.2) is 0 Å². The van der Waals surface area contributed by atoms with Crippen molar-refractivity contribution in [3.63, 3.8) is 0 Å². The topological polar surface area (TPSA) is 37.3 Å². The summed E-state index contributed by atoms with van der Waals surface area (Å²) in [6.07, 6.45) is 12.0. The highest BCUT2D eigenvalue weighted by Crippen LogP contribution is 2.15. The molecule has 1 aliphatic rings. The van der Waals surface area contributed by atoms with Gasteiger partial charge in [-0.1, -0.05) is 51.4 Å². The molecule has 0 spiro atoms. The summed E-state index contributed by atoms with van der Waals surface area (Å²) in [5, 5.41) is 7.42. The van der Waals surface area contributed by atoms with Gasteiger partial charge < -0.3 is 5.11 Å². The number of carboxylic acids is 1. The quantitative estimate of drug-likeness (QED) is 0.609. The SMILES string of the molecule is C1CCCCCCC1.CC(=O)O. The van der Waals surface area contributed by atoms with Crippen molar-refractivity contribution in [3.05, 3.63) is 0 Å². The molecule has 1 N–H and O–H groups in total. The Balaban J connectivity index is 0.000000261. The van der Waals surface area contributed by atoms with Gasteiger partial charge >= 0.3 is 0 Å². The molecular formula is C10H20O2. The van der Waals surface area contributed by atoms with Gasteiger partial charge in [-0.15, -0.1) is 0 Å². The molecule has 0 saturated heterocycles. The second-order valence-electron chi connectivity index (χ2n) is 3.35. The summed E-state index contributed by atoms with van der Waals surface area (Å²) >= 11 is 0. The van der Waals surface area contributed by atoms with E-state index in [1.807, 2.05) is 0 Å². The van der Waals surface area contributed by atoms with Gasteiger partial charge in [0.1, 0.15) is 0 Å². The zero-order chi connectivity index (χ0) is 9.23. The first kappa shape index (κ1) is 11.5. The lowest BCUT2D eigenvalue weighted by molar-refractivity contribution is -0.134. The van der Waals surface area contributed by atoms with E-state index in [9.17, 15) is 0 Å². The predicted octanol–water partition coefficient (Wildman–Crippen LogP) is 3.21. The van der Waals surface area contributed by atoms with Crippen LogP contribution in [0.25, 0.3) is 0 Å². The second-order valence-corrected chi connectivity index (χ2v) is 3.35. The van der Waals surface area contributed by atoms with Crippen LogP contribution >= 0.6 is 0 Å². The molecule has 0 aromatic rings. The lowest BCUT2D eigenvalue weighted by Gasteiger charge is -2.05. The highest BCUT2D eigenvalue weighted by atomic mass is 16.4. The van der Waals surface area contributed by atoms with E-state index in [1.54, 1.807) is 0 Å². The minimum atomic E-state index is -0.833. The first-order valence-electron chi connectivity index (χ1n) is 4.93. The molecule has 72 valence electrons. The second kappa shape index (κ2) is 8.57. The third-order valence-electron chi connectivity index (χ3n) is 2.00. The van der Waals surface area contributed by atoms with Gasteiger partial charge in [0, 0.05) is 6.92 Å². The van der Waals surface area contributed by atoms with E-state index in [1.165, 1.54) is 51.4 Å². The summed E-state index contributed by atoms with van der Waals surface area (Å²) < 4.78 is 0. The van der Waals surface area contributed by atoms with Crippen LogP contribution in [0.5, 0.6) is 0 Å². The van der Waals surface area contributed by atoms with Crippen LogP contribution in [0.1, 0.15) is 58.3 Å². The zero-order valence-electron chi connectivity index (χ0n) is 8.01. The molecule has 12 heavy (non-hydrogen) atoms. The van der Waals surface area contributed by atoms with E-state index in [0.29, 0.717) is 0 Å². The van der Waals surface area contributed by atoms with E-state index >= 15 is 0 Å². The molecule has 0 aromatic heterocycles. The average Bonchev–Trinajstić information content (AvgIpc) is 1.82. The fourth-order valence-electron chi connectivity index (χ4n) is 1.41. The van der Waals surface area contributed by atoms with Gasteiger partial charge in [-0.05, 0) is 0 Å². The minimum Gasteiger partial charge on any atom is -0.481 e. The molecule has 2 heteroatoms. The molecule has 0 bridgehead atoms. The molecule has 0 heterocycles.